The van der Waals surface area contributed by atoms with Gasteiger partial charge in [-0.3, -0.25) is 0 Å². The van der Waals surface area contributed by atoms with Gasteiger partial charge >= 0.3 is 0 Å². The lowest BCUT2D eigenvalue weighted by molar-refractivity contribution is 0.569. The van der Waals surface area contributed by atoms with Crippen LogP contribution in [0.25, 0.3) is 0 Å². The van der Waals surface area contributed by atoms with Crippen molar-refractivity contribution in [2.24, 2.45) is 0 Å². The third-order valence-electron chi connectivity index (χ3n) is 1.91. The van der Waals surface area contributed by atoms with E-state index in [4.69, 9.17) is 0 Å². The van der Waals surface area contributed by atoms with Crippen LogP contribution < -0.4 is 5.32 Å². The highest BCUT2D eigenvalue weighted by Gasteiger charge is 2.16. The van der Waals surface area contributed by atoms with E-state index < -0.39 is 0 Å². The van der Waals surface area contributed by atoms with Crippen molar-refractivity contribution in [3.8, 4) is 0 Å². The van der Waals surface area contributed by atoms with Gasteiger partial charge in [0, 0.05) is 28.4 Å². The molecular formula is C11H17BrN2S. The van der Waals surface area contributed by atoms with Crippen LogP contribution in [0, 0.1) is 0 Å². The summed E-state index contributed by atoms with van der Waals surface area (Å²) in [6, 6.07) is 0. The Balaban J connectivity index is 2.50. The Morgan fingerprint density at radius 3 is 2.73 bits per heavy atom. The van der Waals surface area contributed by atoms with E-state index in [0.717, 1.165) is 22.6 Å². The Kier molecular flexibility index (Phi) is 4.49. The van der Waals surface area contributed by atoms with Crippen LogP contribution in [0.5, 0.6) is 0 Å². The molecule has 0 aliphatic rings. The average molecular weight is 289 g/mol. The fraction of sp³-hybridized carbons (Fsp3) is 0.545. The third-order valence-corrected chi connectivity index (χ3v) is 3.04. The molecule has 1 N–H and O–H groups in total. The van der Waals surface area contributed by atoms with Crippen molar-refractivity contribution in [3.63, 3.8) is 0 Å². The Labute approximate surface area is 104 Å². The fourth-order valence-electron chi connectivity index (χ4n) is 1.04. The number of hydrogen-bond donors (Lipinski definition) is 1. The molecule has 0 fully saturated rings. The molecule has 0 radical (unpaired) electrons. The van der Waals surface area contributed by atoms with Gasteiger partial charge in [-0.15, -0.1) is 11.3 Å². The van der Waals surface area contributed by atoms with E-state index in [1.165, 1.54) is 5.69 Å². The number of halogens is 1. The normalized spacial score (nSPS) is 11.7. The maximum absolute atomic E-state index is 4.59. The molecule has 0 spiro atoms. The highest BCUT2D eigenvalue weighted by molar-refractivity contribution is 9.11. The van der Waals surface area contributed by atoms with E-state index in [1.807, 2.05) is 0 Å². The van der Waals surface area contributed by atoms with Gasteiger partial charge in [-0.05, 0) is 0 Å². The zero-order valence-electron chi connectivity index (χ0n) is 9.43. The zero-order chi connectivity index (χ0) is 11.5. The van der Waals surface area contributed by atoms with Gasteiger partial charge in [-0.2, -0.15) is 0 Å². The number of hydrogen-bond acceptors (Lipinski definition) is 3. The summed E-state index contributed by atoms with van der Waals surface area (Å²) in [7, 11) is 0. The lowest BCUT2D eigenvalue weighted by Crippen LogP contribution is -2.15. The molecule has 1 rings (SSSR count). The van der Waals surface area contributed by atoms with E-state index in [1.54, 1.807) is 11.3 Å². The molecule has 0 aromatic carbocycles. The molecule has 0 atom stereocenters. The van der Waals surface area contributed by atoms with Gasteiger partial charge in [0.2, 0.25) is 0 Å². The third kappa shape index (κ3) is 4.45. The van der Waals surface area contributed by atoms with Crippen LogP contribution in [0.1, 0.15) is 31.5 Å². The van der Waals surface area contributed by atoms with Crippen LogP contribution in [0.15, 0.2) is 16.4 Å². The molecular weight excluding hydrogens is 272 g/mol. The minimum atomic E-state index is 0.147. The van der Waals surface area contributed by atoms with Gasteiger partial charge in [0.05, 0.1) is 5.69 Å². The van der Waals surface area contributed by atoms with E-state index in [2.05, 4.69) is 59.0 Å². The van der Waals surface area contributed by atoms with Crippen LogP contribution in [-0.4, -0.2) is 11.5 Å². The first-order valence-electron chi connectivity index (χ1n) is 4.88. The lowest BCUT2D eigenvalue weighted by Gasteiger charge is -2.14. The average Bonchev–Trinajstić information content (AvgIpc) is 2.51. The Bertz CT molecular complexity index is 339. The molecule has 2 nitrogen and oxygen atoms in total. The van der Waals surface area contributed by atoms with Gasteiger partial charge in [-0.25, -0.2) is 4.98 Å². The summed E-state index contributed by atoms with van der Waals surface area (Å²) in [4.78, 5) is 4.59. The molecule has 1 aromatic rings. The van der Waals surface area contributed by atoms with Crippen LogP contribution >= 0.6 is 27.3 Å². The van der Waals surface area contributed by atoms with Crippen molar-refractivity contribution in [1.29, 1.82) is 0 Å². The molecule has 4 heteroatoms. The lowest BCUT2D eigenvalue weighted by atomic mass is 9.93. The maximum Gasteiger partial charge on any atom is 0.107 e. The molecule has 1 aromatic heterocycles. The van der Waals surface area contributed by atoms with E-state index in [9.17, 15) is 0 Å². The Hall–Kier alpha value is -0.190. The van der Waals surface area contributed by atoms with Crippen LogP contribution in [0.2, 0.25) is 0 Å². The Morgan fingerprint density at radius 1 is 1.60 bits per heavy atom. The highest BCUT2D eigenvalue weighted by Crippen LogP contribution is 2.23. The molecule has 0 unspecified atom stereocenters. The largest absolute Gasteiger partial charge is 0.306 e. The van der Waals surface area contributed by atoms with Crippen molar-refractivity contribution < 1.29 is 0 Å². The molecule has 0 aliphatic carbocycles. The van der Waals surface area contributed by atoms with Gasteiger partial charge in [0.25, 0.3) is 0 Å². The van der Waals surface area contributed by atoms with Crippen molar-refractivity contribution in [3.05, 3.63) is 27.1 Å². The summed E-state index contributed by atoms with van der Waals surface area (Å²) in [6.45, 7) is 11.9. The molecule has 15 heavy (non-hydrogen) atoms. The summed E-state index contributed by atoms with van der Waals surface area (Å²) in [5.74, 6) is 0. The van der Waals surface area contributed by atoms with Crippen LogP contribution in [0.4, 0.5) is 0 Å². The summed E-state index contributed by atoms with van der Waals surface area (Å²) >= 11 is 5.02. The number of aromatic nitrogens is 1. The van der Waals surface area contributed by atoms with Crippen LogP contribution in [-0.2, 0) is 12.0 Å². The fourth-order valence-corrected chi connectivity index (χ4v) is 2.23. The molecule has 0 aliphatic heterocycles. The van der Waals surface area contributed by atoms with Crippen molar-refractivity contribution in [2.75, 3.05) is 6.54 Å². The van der Waals surface area contributed by atoms with E-state index in [0.29, 0.717) is 0 Å². The van der Waals surface area contributed by atoms with E-state index >= 15 is 0 Å². The maximum atomic E-state index is 4.59. The van der Waals surface area contributed by atoms with Gasteiger partial charge in [0.15, 0.2) is 0 Å². The summed E-state index contributed by atoms with van der Waals surface area (Å²) in [6.07, 6.45) is 0. The van der Waals surface area contributed by atoms with Gasteiger partial charge in [0.1, 0.15) is 5.01 Å². The first-order valence-corrected chi connectivity index (χ1v) is 6.56. The standard InChI is InChI=1S/C11H17BrN2S/c1-8(12)5-13-6-10-14-9(7-15-10)11(2,3)4/h7,13H,1,5-6H2,2-4H3. The molecule has 0 amide bonds. The predicted molar refractivity (Wildman–Crippen MR) is 70.6 cm³/mol. The number of nitrogens with zero attached hydrogens (tertiary/aromatic N) is 1. The van der Waals surface area contributed by atoms with Gasteiger partial charge in [-0.1, -0.05) is 43.3 Å². The highest BCUT2D eigenvalue weighted by atomic mass is 79.9. The second-order valence-electron chi connectivity index (χ2n) is 4.50. The number of rotatable bonds is 4. The SMILES string of the molecule is C=C(Br)CNCc1nc(C(C)(C)C)cs1. The molecule has 1 heterocycles. The quantitative estimate of drug-likeness (QED) is 0.918. The van der Waals surface area contributed by atoms with Crippen molar-refractivity contribution in [1.82, 2.24) is 10.3 Å². The van der Waals surface area contributed by atoms with Gasteiger partial charge < -0.3 is 5.32 Å². The molecule has 0 saturated heterocycles. The smallest absolute Gasteiger partial charge is 0.107 e. The van der Waals surface area contributed by atoms with Crippen molar-refractivity contribution in [2.45, 2.75) is 32.7 Å². The van der Waals surface area contributed by atoms with E-state index in [-0.39, 0.29) is 5.41 Å². The summed E-state index contributed by atoms with van der Waals surface area (Å²) in [5.41, 5.74) is 1.32. The van der Waals surface area contributed by atoms with Crippen molar-refractivity contribution >= 4 is 27.3 Å². The monoisotopic (exact) mass is 288 g/mol. The van der Waals surface area contributed by atoms with Crippen LogP contribution in [0.3, 0.4) is 0 Å². The second-order valence-corrected chi connectivity index (χ2v) is 6.56. The predicted octanol–water partition coefficient (Wildman–Crippen LogP) is 3.44. The first-order chi connectivity index (χ1) is 6.89. The second kappa shape index (κ2) is 5.23. The zero-order valence-corrected chi connectivity index (χ0v) is 11.8. The first kappa shape index (κ1) is 12.9. The molecule has 0 bridgehead atoms. The Morgan fingerprint density at radius 2 is 2.27 bits per heavy atom. The summed E-state index contributed by atoms with van der Waals surface area (Å²) in [5, 5.41) is 6.54. The summed E-state index contributed by atoms with van der Waals surface area (Å²) < 4.78 is 0.968. The minimum absolute atomic E-state index is 0.147. The molecule has 0 saturated carbocycles. The minimum Gasteiger partial charge on any atom is -0.306 e. The number of thiazole rings is 1. The number of nitrogens with one attached hydrogen (secondary N) is 1. The topological polar surface area (TPSA) is 24.9 Å². The molecule has 84 valence electrons.